The van der Waals surface area contributed by atoms with Crippen molar-refractivity contribution in [2.75, 3.05) is 0 Å². The van der Waals surface area contributed by atoms with Gasteiger partial charge >= 0.3 is 0 Å². The van der Waals surface area contributed by atoms with Crippen LogP contribution in [0, 0.1) is 6.92 Å². The molecule has 4 heavy (non-hydrogen) atoms. The van der Waals surface area contributed by atoms with Crippen molar-refractivity contribution in [3.63, 3.8) is 0 Å². The molecule has 0 aromatic carbocycles. The molecular weight excluding hydrogens is 50.0 g/mol. The zero-order chi connectivity index (χ0) is 3.58. The number of hydrogen-bond donors (Lipinski definition) is 0. The van der Waals surface area contributed by atoms with E-state index in [1.807, 2.05) is 0 Å². The van der Waals surface area contributed by atoms with Crippen molar-refractivity contribution in [3.05, 3.63) is 6.92 Å². The molecule has 0 saturated carbocycles. The van der Waals surface area contributed by atoms with Crippen molar-refractivity contribution in [2.45, 2.75) is 13.0 Å². The number of nitrogens with one attached hydrogen (secondary N) is 1. The summed E-state index contributed by atoms with van der Waals surface area (Å²) >= 11 is 0. The lowest BCUT2D eigenvalue weighted by Gasteiger charge is -1.78. The van der Waals surface area contributed by atoms with Gasteiger partial charge in [0.2, 0.25) is 0 Å². The van der Waals surface area contributed by atoms with Gasteiger partial charge in [0.25, 0.3) is 0 Å². The summed E-state index contributed by atoms with van der Waals surface area (Å²) in [7, 11) is 0. The summed E-state index contributed by atoms with van der Waals surface area (Å²) < 4.78 is 0. The van der Waals surface area contributed by atoms with E-state index in [1.165, 1.54) is 0 Å². The molecular formula is C3H7N. The molecule has 1 atom stereocenters. The van der Waals surface area contributed by atoms with Gasteiger partial charge < -0.3 is 0 Å². The summed E-state index contributed by atoms with van der Waals surface area (Å²) in [5.74, 6) is 0. The minimum atomic E-state index is -0.167. The van der Waals surface area contributed by atoms with Crippen molar-refractivity contribution in [1.82, 2.24) is 5.73 Å². The molecule has 0 heterocycles. The molecule has 2 radical (unpaired) electrons. The van der Waals surface area contributed by atoms with E-state index in [0.29, 0.717) is 0 Å². The molecule has 0 aliphatic carbocycles. The highest BCUT2D eigenvalue weighted by molar-refractivity contribution is 4.48. The Kier molecular flexibility index (Phi) is 1.28. The van der Waals surface area contributed by atoms with Gasteiger partial charge in [-0.15, -0.1) is 0 Å². The maximum absolute atomic E-state index is 6.47. The molecule has 0 rings (SSSR count). The quantitative estimate of drug-likeness (QED) is 0.386. The fraction of sp³-hybridized carbons (Fsp3) is 0.667. The van der Waals surface area contributed by atoms with Crippen molar-refractivity contribution < 1.29 is 0 Å². The topological polar surface area (TPSA) is 23.8 Å². The molecule has 0 bridgehead atoms. The highest BCUT2D eigenvalue weighted by Gasteiger charge is 1.69. The molecule has 0 spiro atoms. The first-order valence-corrected chi connectivity index (χ1v) is 1.27. The Hall–Kier alpha value is -0.0400. The number of rotatable bonds is 0. The van der Waals surface area contributed by atoms with Gasteiger partial charge in [-0.2, -0.15) is 0 Å². The molecule has 1 unspecified atom stereocenters. The van der Waals surface area contributed by atoms with Crippen LogP contribution in [0.1, 0.15) is 6.92 Å². The monoisotopic (exact) mass is 57.1 g/mol. The summed E-state index contributed by atoms with van der Waals surface area (Å²) in [6.45, 7) is 5.03. The molecule has 0 amide bonds. The van der Waals surface area contributed by atoms with Crippen molar-refractivity contribution >= 4 is 0 Å². The SMILES string of the molecule is [CH2]C(C)[NH]. The first kappa shape index (κ1) is 3.96. The van der Waals surface area contributed by atoms with Crippen LogP contribution in [0.4, 0.5) is 0 Å². The lowest BCUT2D eigenvalue weighted by molar-refractivity contribution is 0.887. The Bertz CT molecular complexity index is 8.00. The highest BCUT2D eigenvalue weighted by Crippen LogP contribution is 1.61. The van der Waals surface area contributed by atoms with E-state index in [4.69, 9.17) is 5.73 Å². The summed E-state index contributed by atoms with van der Waals surface area (Å²) in [6, 6.07) is -0.167. The average molecular weight is 57.1 g/mol. The minimum Gasteiger partial charge on any atom is -0.255 e. The summed E-state index contributed by atoms with van der Waals surface area (Å²) in [6.07, 6.45) is 0. The van der Waals surface area contributed by atoms with Crippen LogP contribution in [0.25, 0.3) is 0 Å². The first-order valence-electron chi connectivity index (χ1n) is 1.27. The highest BCUT2D eigenvalue weighted by atomic mass is 14.6. The van der Waals surface area contributed by atoms with Gasteiger partial charge in [-0.05, 0) is 13.8 Å². The fourth-order valence-electron chi connectivity index (χ4n) is 0. The van der Waals surface area contributed by atoms with E-state index in [0.717, 1.165) is 0 Å². The molecule has 1 heteroatoms. The predicted molar refractivity (Wildman–Crippen MR) is 17.9 cm³/mol. The zero-order valence-electron chi connectivity index (χ0n) is 2.78. The smallest absolute Gasteiger partial charge is 0.0185 e. The maximum Gasteiger partial charge on any atom is 0.0185 e. The number of hydrogen-bond acceptors (Lipinski definition) is 0. The molecule has 0 aromatic heterocycles. The molecule has 0 fully saturated rings. The van der Waals surface area contributed by atoms with Crippen LogP contribution >= 0.6 is 0 Å². The normalized spacial score (nSPS) is 9.00. The second-order valence-electron chi connectivity index (χ2n) is 0.901. The first-order chi connectivity index (χ1) is 1.73. The van der Waals surface area contributed by atoms with Gasteiger partial charge in [-0.1, -0.05) is 0 Å². The van der Waals surface area contributed by atoms with E-state index in [-0.39, 0.29) is 6.04 Å². The maximum atomic E-state index is 6.47. The van der Waals surface area contributed by atoms with E-state index in [2.05, 4.69) is 6.92 Å². The second kappa shape index (κ2) is 1.30. The van der Waals surface area contributed by atoms with Crippen molar-refractivity contribution in [1.29, 1.82) is 0 Å². The van der Waals surface area contributed by atoms with Gasteiger partial charge in [0.15, 0.2) is 0 Å². The Labute approximate surface area is 26.8 Å². The van der Waals surface area contributed by atoms with Gasteiger partial charge in [-0.3, -0.25) is 5.73 Å². The fourth-order valence-corrected chi connectivity index (χ4v) is 0. The third-order valence-corrected chi connectivity index (χ3v) is 0. The van der Waals surface area contributed by atoms with Crippen LogP contribution in [0.3, 0.4) is 0 Å². The molecule has 24 valence electrons. The van der Waals surface area contributed by atoms with Crippen LogP contribution in [0.15, 0.2) is 0 Å². The Morgan fingerprint density at radius 1 is 2.00 bits per heavy atom. The van der Waals surface area contributed by atoms with Gasteiger partial charge in [0.1, 0.15) is 0 Å². The van der Waals surface area contributed by atoms with Gasteiger partial charge in [-0.25, -0.2) is 0 Å². The van der Waals surface area contributed by atoms with E-state index < -0.39 is 0 Å². The lowest BCUT2D eigenvalue weighted by Crippen LogP contribution is -1.90. The van der Waals surface area contributed by atoms with Crippen LogP contribution in [0.5, 0.6) is 0 Å². The Morgan fingerprint density at radius 3 is 2.00 bits per heavy atom. The molecule has 1 N–H and O–H groups in total. The lowest BCUT2D eigenvalue weighted by atomic mass is 10.5. The third-order valence-electron chi connectivity index (χ3n) is 0. The van der Waals surface area contributed by atoms with Crippen LogP contribution in [-0.2, 0) is 0 Å². The van der Waals surface area contributed by atoms with Gasteiger partial charge in [0.05, 0.1) is 0 Å². The standard InChI is InChI=1S/C3H7N/c1-3(2)4/h3-4H,1H2,2H3. The molecule has 0 saturated heterocycles. The van der Waals surface area contributed by atoms with Crippen molar-refractivity contribution in [3.8, 4) is 0 Å². The molecule has 0 aromatic rings. The summed E-state index contributed by atoms with van der Waals surface area (Å²) in [5, 5.41) is 0. The average Bonchev–Trinajstić information content (AvgIpc) is 0.811. The molecule has 0 aliphatic rings. The van der Waals surface area contributed by atoms with Crippen LogP contribution in [0.2, 0.25) is 0 Å². The summed E-state index contributed by atoms with van der Waals surface area (Å²) in [4.78, 5) is 0. The third kappa shape index (κ3) is 1130. The minimum absolute atomic E-state index is 0.167. The predicted octanol–water partition coefficient (Wildman–Crippen LogP) is 0.492. The van der Waals surface area contributed by atoms with E-state index >= 15 is 0 Å². The van der Waals surface area contributed by atoms with E-state index in [9.17, 15) is 0 Å². The molecule has 1 nitrogen and oxygen atoms in total. The van der Waals surface area contributed by atoms with Gasteiger partial charge in [0, 0.05) is 6.04 Å². The van der Waals surface area contributed by atoms with E-state index in [1.54, 1.807) is 6.92 Å². The summed E-state index contributed by atoms with van der Waals surface area (Å²) in [5.41, 5.74) is 6.47. The largest absolute Gasteiger partial charge is 0.255 e. The Balaban J connectivity index is 2.32. The van der Waals surface area contributed by atoms with Crippen molar-refractivity contribution in [2.24, 2.45) is 0 Å². The second-order valence-corrected chi connectivity index (χ2v) is 0.901. The van der Waals surface area contributed by atoms with Crippen LogP contribution in [-0.4, -0.2) is 6.04 Å². The molecule has 0 aliphatic heterocycles. The zero-order valence-corrected chi connectivity index (χ0v) is 2.78. The van der Waals surface area contributed by atoms with Crippen LogP contribution < -0.4 is 5.73 Å². The Morgan fingerprint density at radius 2 is 2.00 bits per heavy atom.